The van der Waals surface area contributed by atoms with Crippen LogP contribution in [0.5, 0.6) is 0 Å². The average Bonchev–Trinajstić information content (AvgIpc) is 2.56. The first kappa shape index (κ1) is 19.7. The normalized spacial score (nSPS) is 14.7. The molecule has 1 aromatic rings. The van der Waals surface area contributed by atoms with Gasteiger partial charge in [0.25, 0.3) is 5.69 Å². The zero-order valence-corrected chi connectivity index (χ0v) is 13.6. The fourth-order valence-corrected chi connectivity index (χ4v) is 2.89. The first-order valence-corrected chi connectivity index (χ1v) is 8.23. The van der Waals surface area contributed by atoms with E-state index in [-0.39, 0.29) is 10.6 Å². The van der Waals surface area contributed by atoms with Gasteiger partial charge in [-0.15, -0.1) is 0 Å². The molecule has 9 heteroatoms. The molecule has 1 aromatic carbocycles. The first-order chi connectivity index (χ1) is 11.4. The number of carboxylic acids is 2. The van der Waals surface area contributed by atoms with Crippen molar-refractivity contribution in [1.82, 2.24) is 4.90 Å². The molecule has 0 unspecified atom stereocenters. The lowest BCUT2D eigenvalue weighted by Crippen LogP contribution is -2.32. The summed E-state index contributed by atoms with van der Waals surface area (Å²) < 4.78 is 0. The third-order valence-electron chi connectivity index (χ3n) is 3.08. The number of carbonyl (C=O) groups is 2. The van der Waals surface area contributed by atoms with E-state index in [0.29, 0.717) is 5.56 Å². The molecule has 1 aliphatic heterocycles. The summed E-state index contributed by atoms with van der Waals surface area (Å²) in [7, 11) is 0. The standard InChI is InChI=1S/C13H16N2O2S.C2H2O4/c16-15(17)13-6-2-1-4-12(13)5-3-7-14-8-10-18-11-9-14;3-1(4)2(5)6/h1-6H,7-11H2;(H,3,4)(H,5,6)/b5-3+;. The van der Waals surface area contributed by atoms with Crippen LogP contribution in [0.15, 0.2) is 30.3 Å². The molecule has 1 heterocycles. The minimum Gasteiger partial charge on any atom is -0.473 e. The van der Waals surface area contributed by atoms with Gasteiger partial charge in [0.2, 0.25) is 0 Å². The number of para-hydroxylation sites is 1. The number of nitro groups is 1. The second-order valence-corrected chi connectivity index (χ2v) is 5.97. The fraction of sp³-hybridized carbons (Fsp3) is 0.333. The highest BCUT2D eigenvalue weighted by atomic mass is 32.2. The SMILES string of the molecule is O=C(O)C(=O)O.O=[N+]([O-])c1ccccc1/C=C/CN1CCSCC1. The largest absolute Gasteiger partial charge is 0.473 e. The summed E-state index contributed by atoms with van der Waals surface area (Å²) in [6.07, 6.45) is 3.86. The van der Waals surface area contributed by atoms with Crippen LogP contribution in [-0.2, 0) is 9.59 Å². The van der Waals surface area contributed by atoms with Gasteiger partial charge in [-0.2, -0.15) is 11.8 Å². The monoisotopic (exact) mass is 354 g/mol. The predicted molar refractivity (Wildman–Crippen MR) is 91.2 cm³/mol. The smallest absolute Gasteiger partial charge is 0.414 e. The third kappa shape index (κ3) is 7.25. The number of thioether (sulfide) groups is 1. The Balaban J connectivity index is 0.000000413. The van der Waals surface area contributed by atoms with Crippen molar-refractivity contribution < 1.29 is 24.7 Å². The molecule has 2 rings (SSSR count). The number of hydrogen-bond acceptors (Lipinski definition) is 6. The van der Waals surface area contributed by atoms with Gasteiger partial charge in [-0.1, -0.05) is 24.3 Å². The number of benzene rings is 1. The van der Waals surface area contributed by atoms with Crippen molar-refractivity contribution in [3.63, 3.8) is 0 Å². The molecule has 1 saturated heterocycles. The van der Waals surface area contributed by atoms with Crippen molar-refractivity contribution in [3.8, 4) is 0 Å². The number of carboxylic acid groups (broad SMARTS) is 2. The molecular weight excluding hydrogens is 336 g/mol. The van der Waals surface area contributed by atoms with Crippen LogP contribution in [0, 0.1) is 10.1 Å². The summed E-state index contributed by atoms with van der Waals surface area (Å²) in [4.78, 5) is 31.1. The molecule has 24 heavy (non-hydrogen) atoms. The van der Waals surface area contributed by atoms with E-state index in [1.165, 1.54) is 17.6 Å². The lowest BCUT2D eigenvalue weighted by Gasteiger charge is -2.24. The molecule has 130 valence electrons. The highest BCUT2D eigenvalue weighted by molar-refractivity contribution is 7.99. The molecule has 2 N–H and O–H groups in total. The summed E-state index contributed by atoms with van der Waals surface area (Å²) in [5.74, 6) is -1.29. The minimum absolute atomic E-state index is 0.169. The lowest BCUT2D eigenvalue weighted by molar-refractivity contribution is -0.385. The van der Waals surface area contributed by atoms with Gasteiger partial charge in [-0.25, -0.2) is 9.59 Å². The van der Waals surface area contributed by atoms with E-state index in [9.17, 15) is 10.1 Å². The van der Waals surface area contributed by atoms with Crippen LogP contribution in [0.3, 0.4) is 0 Å². The highest BCUT2D eigenvalue weighted by Crippen LogP contribution is 2.19. The summed E-state index contributed by atoms with van der Waals surface area (Å²) in [6.45, 7) is 3.07. The third-order valence-corrected chi connectivity index (χ3v) is 4.02. The topological polar surface area (TPSA) is 121 Å². The highest BCUT2D eigenvalue weighted by Gasteiger charge is 2.10. The molecule has 0 amide bonds. The van der Waals surface area contributed by atoms with E-state index in [2.05, 4.69) is 4.90 Å². The van der Waals surface area contributed by atoms with Gasteiger partial charge in [0.05, 0.1) is 10.5 Å². The fourth-order valence-electron chi connectivity index (χ4n) is 1.91. The van der Waals surface area contributed by atoms with E-state index in [1.54, 1.807) is 12.1 Å². The Labute approximate surface area is 142 Å². The number of hydrogen-bond donors (Lipinski definition) is 2. The van der Waals surface area contributed by atoms with E-state index >= 15 is 0 Å². The van der Waals surface area contributed by atoms with Crippen molar-refractivity contribution in [1.29, 1.82) is 0 Å². The maximum atomic E-state index is 10.8. The van der Waals surface area contributed by atoms with Crippen LogP contribution in [0.2, 0.25) is 0 Å². The van der Waals surface area contributed by atoms with Crippen molar-refractivity contribution >= 4 is 35.5 Å². The quantitative estimate of drug-likeness (QED) is 0.477. The van der Waals surface area contributed by atoms with Crippen molar-refractivity contribution in [3.05, 3.63) is 46.0 Å². The van der Waals surface area contributed by atoms with Crippen LogP contribution in [-0.4, -0.2) is 63.1 Å². The summed E-state index contributed by atoms with van der Waals surface area (Å²) >= 11 is 1.98. The van der Waals surface area contributed by atoms with E-state index in [1.807, 2.05) is 30.0 Å². The summed E-state index contributed by atoms with van der Waals surface area (Å²) in [5.41, 5.74) is 0.844. The van der Waals surface area contributed by atoms with Crippen molar-refractivity contribution in [2.75, 3.05) is 31.1 Å². The summed E-state index contributed by atoms with van der Waals surface area (Å²) in [5, 5.41) is 25.6. The van der Waals surface area contributed by atoms with Crippen molar-refractivity contribution in [2.45, 2.75) is 0 Å². The molecule has 0 aliphatic carbocycles. The van der Waals surface area contributed by atoms with Gasteiger partial charge >= 0.3 is 11.9 Å². The minimum atomic E-state index is -1.82. The van der Waals surface area contributed by atoms with Gasteiger partial charge in [0.1, 0.15) is 0 Å². The van der Waals surface area contributed by atoms with Gasteiger partial charge in [-0.3, -0.25) is 15.0 Å². The number of aliphatic carboxylic acids is 2. The van der Waals surface area contributed by atoms with Crippen LogP contribution in [0.1, 0.15) is 5.56 Å². The zero-order chi connectivity index (χ0) is 17.9. The number of nitrogens with zero attached hydrogens (tertiary/aromatic N) is 2. The molecule has 1 fully saturated rings. The Bertz CT molecular complexity index is 602. The molecule has 0 saturated carbocycles. The molecule has 8 nitrogen and oxygen atoms in total. The number of rotatable bonds is 4. The average molecular weight is 354 g/mol. The molecule has 0 atom stereocenters. The van der Waals surface area contributed by atoms with Crippen LogP contribution >= 0.6 is 11.8 Å². The maximum Gasteiger partial charge on any atom is 0.414 e. The van der Waals surface area contributed by atoms with E-state index in [0.717, 1.165) is 19.6 Å². The van der Waals surface area contributed by atoms with E-state index < -0.39 is 11.9 Å². The molecule has 1 aliphatic rings. The Morgan fingerprint density at radius 2 is 1.79 bits per heavy atom. The molecule has 0 spiro atoms. The Morgan fingerprint density at radius 1 is 1.21 bits per heavy atom. The van der Waals surface area contributed by atoms with Gasteiger partial charge in [0, 0.05) is 37.2 Å². The second kappa shape index (κ2) is 10.4. The Kier molecular flexibility index (Phi) is 8.52. The second-order valence-electron chi connectivity index (χ2n) is 4.74. The molecular formula is C15H18N2O6S. The van der Waals surface area contributed by atoms with Gasteiger partial charge in [0.15, 0.2) is 0 Å². The van der Waals surface area contributed by atoms with Gasteiger partial charge < -0.3 is 10.2 Å². The predicted octanol–water partition coefficient (Wildman–Crippen LogP) is 1.81. The first-order valence-electron chi connectivity index (χ1n) is 7.08. The molecule has 0 radical (unpaired) electrons. The van der Waals surface area contributed by atoms with Crippen LogP contribution in [0.4, 0.5) is 5.69 Å². The lowest BCUT2D eigenvalue weighted by atomic mass is 10.1. The van der Waals surface area contributed by atoms with Crippen LogP contribution < -0.4 is 0 Å². The molecule has 0 bridgehead atoms. The van der Waals surface area contributed by atoms with Crippen molar-refractivity contribution in [2.24, 2.45) is 0 Å². The molecule has 0 aromatic heterocycles. The van der Waals surface area contributed by atoms with Gasteiger partial charge in [-0.05, 0) is 6.07 Å². The van der Waals surface area contributed by atoms with Crippen LogP contribution in [0.25, 0.3) is 6.08 Å². The Hall–Kier alpha value is -2.39. The maximum absolute atomic E-state index is 10.8. The Morgan fingerprint density at radius 3 is 2.33 bits per heavy atom. The number of nitro benzene ring substituents is 1. The van der Waals surface area contributed by atoms with E-state index in [4.69, 9.17) is 19.8 Å². The zero-order valence-electron chi connectivity index (χ0n) is 12.8. The summed E-state index contributed by atoms with van der Waals surface area (Å²) in [6, 6.07) is 6.83.